The fraction of sp³-hybridized carbons (Fsp3) is 0.353. The molecule has 1 aromatic carbocycles. The number of rotatable bonds is 3. The first-order chi connectivity index (χ1) is 12.1. The molecule has 0 bridgehead atoms. The van der Waals surface area contributed by atoms with Crippen LogP contribution in [0, 0.1) is 6.92 Å². The molecule has 1 unspecified atom stereocenters. The number of aromatic nitrogens is 3. The highest BCUT2D eigenvalue weighted by Gasteiger charge is 2.21. The Hall–Kier alpha value is -1.77. The van der Waals surface area contributed by atoms with Gasteiger partial charge in [0.25, 0.3) is 5.91 Å². The van der Waals surface area contributed by atoms with Gasteiger partial charge in [0, 0.05) is 12.0 Å². The van der Waals surface area contributed by atoms with E-state index in [-0.39, 0.29) is 12.1 Å². The molecule has 1 N–H and O–H groups in total. The van der Waals surface area contributed by atoms with Crippen molar-refractivity contribution >= 4 is 49.8 Å². The van der Waals surface area contributed by atoms with E-state index in [1.54, 1.807) is 12.4 Å². The normalized spacial score (nSPS) is 17.8. The molecule has 25 heavy (non-hydrogen) atoms. The SMILES string of the molecule is Cc1ccc2c(cnn2C2CCCCO2)c1NC(=O)c1cnc(Br)s1. The monoisotopic (exact) mass is 420 g/mol. The van der Waals surface area contributed by atoms with Crippen LogP contribution in [0.3, 0.4) is 0 Å². The van der Waals surface area contributed by atoms with E-state index in [1.165, 1.54) is 11.3 Å². The Morgan fingerprint density at radius 1 is 1.40 bits per heavy atom. The standard InChI is InChI=1S/C17H17BrN4O2S/c1-10-5-6-12-11(8-20-22(12)14-4-2-3-7-24-14)15(10)21-16(23)13-9-19-17(18)25-13/h5-6,8-9,14H,2-4,7H2,1H3,(H,21,23). The summed E-state index contributed by atoms with van der Waals surface area (Å²) in [4.78, 5) is 17.2. The summed E-state index contributed by atoms with van der Waals surface area (Å²) >= 11 is 4.59. The predicted octanol–water partition coefficient (Wildman–Crippen LogP) is 4.52. The van der Waals surface area contributed by atoms with Crippen molar-refractivity contribution in [2.24, 2.45) is 0 Å². The zero-order chi connectivity index (χ0) is 17.4. The minimum absolute atomic E-state index is 0.0324. The molecule has 1 saturated heterocycles. The summed E-state index contributed by atoms with van der Waals surface area (Å²) in [6, 6.07) is 4.04. The highest BCUT2D eigenvalue weighted by atomic mass is 79.9. The first-order valence-electron chi connectivity index (χ1n) is 8.14. The second kappa shape index (κ2) is 6.86. The molecule has 0 saturated carbocycles. The van der Waals surface area contributed by atoms with Crippen LogP contribution in [0.25, 0.3) is 10.9 Å². The number of amides is 1. The van der Waals surface area contributed by atoms with Crippen LogP contribution in [0.2, 0.25) is 0 Å². The number of hydrogen-bond acceptors (Lipinski definition) is 5. The van der Waals surface area contributed by atoms with Crippen LogP contribution < -0.4 is 5.32 Å². The van der Waals surface area contributed by atoms with Crippen LogP contribution in [-0.2, 0) is 4.74 Å². The lowest BCUT2D eigenvalue weighted by Crippen LogP contribution is -2.19. The summed E-state index contributed by atoms with van der Waals surface area (Å²) < 4.78 is 8.47. The Bertz CT molecular complexity index is 930. The molecule has 4 rings (SSSR count). The molecule has 3 aromatic rings. The number of hydrogen-bond donors (Lipinski definition) is 1. The van der Waals surface area contributed by atoms with Crippen molar-refractivity contribution in [3.8, 4) is 0 Å². The zero-order valence-electron chi connectivity index (χ0n) is 13.7. The number of carbonyl (C=O) groups excluding carboxylic acids is 1. The number of anilines is 1. The van der Waals surface area contributed by atoms with Gasteiger partial charge in [-0.05, 0) is 53.7 Å². The number of thiazole rings is 1. The third-order valence-corrected chi connectivity index (χ3v) is 5.83. The summed E-state index contributed by atoms with van der Waals surface area (Å²) in [6.45, 7) is 2.74. The van der Waals surface area contributed by atoms with E-state index in [4.69, 9.17) is 4.74 Å². The first kappa shape index (κ1) is 16.7. The fourth-order valence-electron chi connectivity index (χ4n) is 3.08. The summed E-state index contributed by atoms with van der Waals surface area (Å²) in [6.07, 6.45) is 6.54. The lowest BCUT2D eigenvalue weighted by atomic mass is 10.1. The van der Waals surface area contributed by atoms with E-state index in [2.05, 4.69) is 31.3 Å². The van der Waals surface area contributed by atoms with E-state index < -0.39 is 0 Å². The van der Waals surface area contributed by atoms with Crippen molar-refractivity contribution in [2.75, 3.05) is 11.9 Å². The molecule has 0 radical (unpaired) electrons. The Balaban J connectivity index is 1.69. The maximum absolute atomic E-state index is 12.5. The topological polar surface area (TPSA) is 69.0 Å². The van der Waals surface area contributed by atoms with Crippen LogP contribution >= 0.6 is 27.3 Å². The highest BCUT2D eigenvalue weighted by Crippen LogP contribution is 2.32. The molecule has 6 nitrogen and oxygen atoms in total. The molecule has 1 fully saturated rings. The molecule has 3 heterocycles. The minimum Gasteiger partial charge on any atom is -0.356 e. The fourth-order valence-corrected chi connectivity index (χ4v) is 4.24. The first-order valence-corrected chi connectivity index (χ1v) is 9.75. The van der Waals surface area contributed by atoms with Crippen LogP contribution in [0.15, 0.2) is 28.4 Å². The van der Waals surface area contributed by atoms with E-state index in [0.717, 1.165) is 48.0 Å². The number of ether oxygens (including phenoxy) is 1. The van der Waals surface area contributed by atoms with Gasteiger partial charge in [-0.15, -0.1) is 11.3 Å². The third kappa shape index (κ3) is 3.21. The van der Waals surface area contributed by atoms with Gasteiger partial charge in [0.2, 0.25) is 0 Å². The number of fused-ring (bicyclic) bond motifs is 1. The molecule has 130 valence electrons. The summed E-state index contributed by atoms with van der Waals surface area (Å²) in [5, 5.41) is 8.47. The number of nitrogens with one attached hydrogen (secondary N) is 1. The molecular formula is C17H17BrN4O2S. The Morgan fingerprint density at radius 2 is 2.28 bits per heavy atom. The molecule has 1 aliphatic rings. The third-order valence-electron chi connectivity index (χ3n) is 4.36. The molecule has 1 aliphatic heterocycles. The molecule has 1 atom stereocenters. The number of halogens is 1. The van der Waals surface area contributed by atoms with Crippen LogP contribution in [0.4, 0.5) is 5.69 Å². The molecule has 8 heteroatoms. The molecule has 1 amide bonds. The number of aryl methyl sites for hydroxylation is 1. The molecule has 0 aliphatic carbocycles. The van der Waals surface area contributed by atoms with Crippen LogP contribution in [-0.4, -0.2) is 27.3 Å². The quantitative estimate of drug-likeness (QED) is 0.676. The molecule has 2 aromatic heterocycles. The van der Waals surface area contributed by atoms with Gasteiger partial charge in [0.05, 0.1) is 23.6 Å². The van der Waals surface area contributed by atoms with Gasteiger partial charge in [-0.3, -0.25) is 4.79 Å². The van der Waals surface area contributed by atoms with Gasteiger partial charge in [-0.2, -0.15) is 5.10 Å². The Labute approximate surface area is 157 Å². The van der Waals surface area contributed by atoms with Crippen LogP contribution in [0.1, 0.15) is 40.7 Å². The number of nitrogens with zero attached hydrogens (tertiary/aromatic N) is 3. The maximum atomic E-state index is 12.5. The van der Waals surface area contributed by atoms with Crippen molar-refractivity contribution in [2.45, 2.75) is 32.4 Å². The van der Waals surface area contributed by atoms with Crippen molar-refractivity contribution in [1.29, 1.82) is 0 Å². The number of carbonyl (C=O) groups is 1. The number of benzene rings is 1. The van der Waals surface area contributed by atoms with E-state index in [0.29, 0.717) is 8.79 Å². The zero-order valence-corrected chi connectivity index (χ0v) is 16.1. The lowest BCUT2D eigenvalue weighted by molar-refractivity contribution is -0.0366. The summed E-state index contributed by atoms with van der Waals surface area (Å²) in [5.74, 6) is -0.166. The smallest absolute Gasteiger partial charge is 0.267 e. The minimum atomic E-state index is -0.166. The molecular weight excluding hydrogens is 404 g/mol. The van der Waals surface area contributed by atoms with E-state index >= 15 is 0 Å². The highest BCUT2D eigenvalue weighted by molar-refractivity contribution is 9.11. The second-order valence-corrected chi connectivity index (χ2v) is 8.34. The van der Waals surface area contributed by atoms with E-state index in [1.807, 2.05) is 23.7 Å². The molecule has 0 spiro atoms. The maximum Gasteiger partial charge on any atom is 0.267 e. The Morgan fingerprint density at radius 3 is 3.00 bits per heavy atom. The lowest BCUT2D eigenvalue weighted by Gasteiger charge is -2.23. The van der Waals surface area contributed by atoms with Gasteiger partial charge in [-0.25, -0.2) is 9.67 Å². The summed E-state index contributed by atoms with van der Waals surface area (Å²) in [5.41, 5.74) is 2.75. The average Bonchev–Trinajstić information content (AvgIpc) is 3.24. The summed E-state index contributed by atoms with van der Waals surface area (Å²) in [7, 11) is 0. The Kier molecular flexibility index (Phi) is 4.58. The predicted molar refractivity (Wildman–Crippen MR) is 101 cm³/mol. The van der Waals surface area contributed by atoms with Gasteiger partial charge >= 0.3 is 0 Å². The van der Waals surface area contributed by atoms with Crippen LogP contribution in [0.5, 0.6) is 0 Å². The largest absolute Gasteiger partial charge is 0.356 e. The van der Waals surface area contributed by atoms with Gasteiger partial charge in [-0.1, -0.05) is 6.07 Å². The van der Waals surface area contributed by atoms with E-state index in [9.17, 15) is 4.79 Å². The van der Waals surface area contributed by atoms with Gasteiger partial charge in [0.15, 0.2) is 10.1 Å². The van der Waals surface area contributed by atoms with Crippen molar-refractivity contribution in [1.82, 2.24) is 14.8 Å². The van der Waals surface area contributed by atoms with Crippen molar-refractivity contribution in [3.63, 3.8) is 0 Å². The van der Waals surface area contributed by atoms with Crippen molar-refractivity contribution in [3.05, 3.63) is 38.9 Å². The van der Waals surface area contributed by atoms with Gasteiger partial charge in [0.1, 0.15) is 4.88 Å². The van der Waals surface area contributed by atoms with Crippen molar-refractivity contribution < 1.29 is 9.53 Å². The van der Waals surface area contributed by atoms with Gasteiger partial charge < -0.3 is 10.1 Å². The second-order valence-electron chi connectivity index (χ2n) is 6.03. The average molecular weight is 421 g/mol.